The van der Waals surface area contributed by atoms with Crippen LogP contribution in [-0.2, 0) is 19.1 Å². The maximum atomic E-state index is 10.7. The second-order valence-corrected chi connectivity index (χ2v) is 3.25. The molecular formula is C9H16N2O6. The van der Waals surface area contributed by atoms with E-state index in [4.69, 9.17) is 10.2 Å². The summed E-state index contributed by atoms with van der Waals surface area (Å²) in [5.74, 6) is -2.63. The van der Waals surface area contributed by atoms with Crippen LogP contribution in [0.2, 0.25) is 0 Å². The summed E-state index contributed by atoms with van der Waals surface area (Å²) in [6.07, 6.45) is 0. The number of carboxylic acids is 2. The fraction of sp³-hybridized carbons (Fsp3) is 0.667. The molecule has 0 saturated heterocycles. The van der Waals surface area contributed by atoms with Crippen LogP contribution < -0.4 is 5.32 Å². The quantitative estimate of drug-likeness (QED) is 0.324. The van der Waals surface area contributed by atoms with Gasteiger partial charge >= 0.3 is 17.9 Å². The molecular weight excluding hydrogens is 232 g/mol. The lowest BCUT2D eigenvalue weighted by Gasteiger charge is -2.17. The van der Waals surface area contributed by atoms with Crippen LogP contribution in [0.1, 0.15) is 0 Å². The highest BCUT2D eigenvalue weighted by molar-refractivity contribution is 5.72. The van der Waals surface area contributed by atoms with Gasteiger partial charge in [-0.2, -0.15) is 0 Å². The fourth-order valence-electron chi connectivity index (χ4n) is 1.10. The molecule has 0 aromatic heterocycles. The number of carbonyl (C=O) groups excluding carboxylic acids is 1. The van der Waals surface area contributed by atoms with Gasteiger partial charge in [0.15, 0.2) is 0 Å². The van der Waals surface area contributed by atoms with Crippen molar-refractivity contribution in [2.24, 2.45) is 0 Å². The van der Waals surface area contributed by atoms with E-state index in [9.17, 15) is 14.4 Å². The minimum Gasteiger partial charge on any atom is -0.480 e. The molecule has 0 atom stereocenters. The van der Waals surface area contributed by atoms with Gasteiger partial charge in [-0.05, 0) is 0 Å². The molecule has 0 bridgehead atoms. The van der Waals surface area contributed by atoms with Crippen molar-refractivity contribution < 1.29 is 29.3 Å². The Labute approximate surface area is 98.2 Å². The standard InChI is InChI=1S/C9H16N2O6/c1-17-9(16)4-10-2-3-11(5-7(12)13)6-8(14)15/h10H,2-6H2,1H3,(H,12,13)(H,14,15). The Morgan fingerprint density at radius 1 is 1.18 bits per heavy atom. The number of nitrogens with zero attached hydrogens (tertiary/aromatic N) is 1. The van der Waals surface area contributed by atoms with Crippen LogP contribution in [0, 0.1) is 0 Å². The lowest BCUT2D eigenvalue weighted by Crippen LogP contribution is -2.40. The van der Waals surface area contributed by atoms with Crippen molar-refractivity contribution in [2.45, 2.75) is 0 Å². The first kappa shape index (κ1) is 15.3. The molecule has 0 saturated carbocycles. The van der Waals surface area contributed by atoms with Gasteiger partial charge in [-0.3, -0.25) is 19.3 Å². The van der Waals surface area contributed by atoms with Crippen molar-refractivity contribution in [3.8, 4) is 0 Å². The molecule has 0 spiro atoms. The van der Waals surface area contributed by atoms with Crippen LogP contribution in [-0.4, -0.2) is 72.9 Å². The first-order valence-electron chi connectivity index (χ1n) is 4.89. The summed E-state index contributed by atoms with van der Waals surface area (Å²) in [6, 6.07) is 0. The first-order valence-corrected chi connectivity index (χ1v) is 4.89. The van der Waals surface area contributed by atoms with Crippen molar-refractivity contribution >= 4 is 17.9 Å². The first-order chi connectivity index (χ1) is 7.95. The van der Waals surface area contributed by atoms with Gasteiger partial charge in [-0.15, -0.1) is 0 Å². The average molecular weight is 248 g/mol. The highest BCUT2D eigenvalue weighted by atomic mass is 16.5. The number of carbonyl (C=O) groups is 3. The smallest absolute Gasteiger partial charge is 0.319 e. The molecule has 0 heterocycles. The molecule has 8 heteroatoms. The summed E-state index contributed by atoms with van der Waals surface area (Å²) >= 11 is 0. The SMILES string of the molecule is COC(=O)CNCCN(CC(=O)O)CC(=O)O. The van der Waals surface area contributed by atoms with E-state index in [-0.39, 0.29) is 26.2 Å². The normalized spacial score (nSPS) is 10.2. The van der Waals surface area contributed by atoms with Crippen LogP contribution >= 0.6 is 0 Å². The average Bonchev–Trinajstić information content (AvgIpc) is 2.22. The molecule has 0 aromatic rings. The largest absolute Gasteiger partial charge is 0.480 e. The van der Waals surface area contributed by atoms with Gasteiger partial charge in [0.1, 0.15) is 0 Å². The topological polar surface area (TPSA) is 116 Å². The number of hydrogen-bond donors (Lipinski definition) is 3. The summed E-state index contributed by atoms with van der Waals surface area (Å²) in [5.41, 5.74) is 0. The van der Waals surface area contributed by atoms with Gasteiger partial charge in [0.2, 0.25) is 0 Å². The number of rotatable bonds is 9. The van der Waals surface area contributed by atoms with Crippen LogP contribution in [0.3, 0.4) is 0 Å². The van der Waals surface area contributed by atoms with Crippen molar-refractivity contribution in [1.82, 2.24) is 10.2 Å². The molecule has 0 fully saturated rings. The zero-order chi connectivity index (χ0) is 13.3. The number of methoxy groups -OCH3 is 1. The van der Waals surface area contributed by atoms with Crippen LogP contribution in [0.4, 0.5) is 0 Å². The molecule has 0 aliphatic carbocycles. The molecule has 0 amide bonds. The molecule has 0 aromatic carbocycles. The van der Waals surface area contributed by atoms with Gasteiger partial charge in [0.25, 0.3) is 0 Å². The lowest BCUT2D eigenvalue weighted by atomic mass is 10.4. The molecule has 0 rings (SSSR count). The van der Waals surface area contributed by atoms with E-state index in [2.05, 4.69) is 10.1 Å². The molecule has 0 aliphatic heterocycles. The Bertz CT molecular complexity index is 265. The molecule has 0 aliphatic rings. The van der Waals surface area contributed by atoms with E-state index >= 15 is 0 Å². The molecule has 0 radical (unpaired) electrons. The third-order valence-electron chi connectivity index (χ3n) is 1.82. The number of ether oxygens (including phenoxy) is 1. The van der Waals surface area contributed by atoms with Gasteiger partial charge in [-0.25, -0.2) is 0 Å². The van der Waals surface area contributed by atoms with Gasteiger partial charge in [-0.1, -0.05) is 0 Å². The zero-order valence-electron chi connectivity index (χ0n) is 9.51. The van der Waals surface area contributed by atoms with Crippen molar-refractivity contribution in [3.63, 3.8) is 0 Å². The third kappa shape index (κ3) is 9.27. The van der Waals surface area contributed by atoms with E-state index in [0.717, 1.165) is 0 Å². The minimum absolute atomic E-state index is 0.00445. The Kier molecular flexibility index (Phi) is 7.65. The molecule has 17 heavy (non-hydrogen) atoms. The Morgan fingerprint density at radius 2 is 1.71 bits per heavy atom. The summed E-state index contributed by atoms with van der Waals surface area (Å²) in [6.45, 7) is -0.186. The number of aliphatic carboxylic acids is 2. The van der Waals surface area contributed by atoms with E-state index in [1.54, 1.807) is 0 Å². The van der Waals surface area contributed by atoms with Gasteiger partial charge in [0, 0.05) is 13.1 Å². The second kappa shape index (κ2) is 8.48. The molecule has 3 N–H and O–H groups in total. The predicted octanol–water partition coefficient (Wildman–Crippen LogP) is -1.78. The summed E-state index contributed by atoms with van der Waals surface area (Å²) in [7, 11) is 1.26. The summed E-state index contributed by atoms with van der Waals surface area (Å²) in [5, 5.41) is 19.8. The Hall–Kier alpha value is -1.67. The second-order valence-electron chi connectivity index (χ2n) is 3.25. The summed E-state index contributed by atoms with van der Waals surface area (Å²) < 4.78 is 4.38. The third-order valence-corrected chi connectivity index (χ3v) is 1.82. The van der Waals surface area contributed by atoms with Gasteiger partial charge < -0.3 is 20.3 Å². The predicted molar refractivity (Wildman–Crippen MR) is 56.6 cm³/mol. The van der Waals surface area contributed by atoms with E-state index in [0.29, 0.717) is 6.54 Å². The van der Waals surface area contributed by atoms with Crippen LogP contribution in [0.5, 0.6) is 0 Å². The Balaban J connectivity index is 3.86. The Morgan fingerprint density at radius 3 is 2.12 bits per heavy atom. The number of esters is 1. The fourth-order valence-corrected chi connectivity index (χ4v) is 1.10. The number of nitrogens with one attached hydrogen (secondary N) is 1. The maximum absolute atomic E-state index is 10.7. The number of hydrogen-bond acceptors (Lipinski definition) is 6. The molecule has 98 valence electrons. The van der Waals surface area contributed by atoms with Crippen molar-refractivity contribution in [1.29, 1.82) is 0 Å². The monoisotopic (exact) mass is 248 g/mol. The van der Waals surface area contributed by atoms with E-state index < -0.39 is 17.9 Å². The van der Waals surface area contributed by atoms with Crippen molar-refractivity contribution in [3.05, 3.63) is 0 Å². The van der Waals surface area contributed by atoms with E-state index in [1.165, 1.54) is 12.0 Å². The van der Waals surface area contributed by atoms with Crippen molar-refractivity contribution in [2.75, 3.05) is 39.8 Å². The highest BCUT2D eigenvalue weighted by Crippen LogP contribution is 1.87. The number of carboxylic acid groups (broad SMARTS) is 2. The minimum atomic E-state index is -1.10. The summed E-state index contributed by atoms with van der Waals surface area (Å²) in [4.78, 5) is 32.9. The highest BCUT2D eigenvalue weighted by Gasteiger charge is 2.12. The van der Waals surface area contributed by atoms with Crippen LogP contribution in [0.15, 0.2) is 0 Å². The lowest BCUT2D eigenvalue weighted by molar-refractivity contribution is -0.142. The van der Waals surface area contributed by atoms with Crippen LogP contribution in [0.25, 0.3) is 0 Å². The van der Waals surface area contributed by atoms with Gasteiger partial charge in [0.05, 0.1) is 26.7 Å². The molecule has 8 nitrogen and oxygen atoms in total. The maximum Gasteiger partial charge on any atom is 0.319 e. The molecule has 0 unspecified atom stereocenters. The zero-order valence-corrected chi connectivity index (χ0v) is 9.51. The van der Waals surface area contributed by atoms with E-state index in [1.807, 2.05) is 0 Å².